The lowest BCUT2D eigenvalue weighted by Gasteiger charge is -1.90. The van der Waals surface area contributed by atoms with Crippen molar-refractivity contribution in [2.75, 3.05) is 11.5 Å². The number of hydrogen-bond donors (Lipinski definition) is 4. The molecular formula is C14H14N6. The maximum absolute atomic E-state index is 5.62. The highest BCUT2D eigenvalue weighted by molar-refractivity contribution is 5.86. The largest absolute Gasteiger partial charge is 0.397 e. The number of imidazole rings is 2. The number of H-pyrrole nitrogens is 2. The highest BCUT2D eigenvalue weighted by Crippen LogP contribution is 2.15. The van der Waals surface area contributed by atoms with E-state index < -0.39 is 0 Å². The van der Waals surface area contributed by atoms with Crippen molar-refractivity contribution in [1.29, 1.82) is 0 Å². The van der Waals surface area contributed by atoms with Gasteiger partial charge in [-0.25, -0.2) is 9.97 Å². The van der Waals surface area contributed by atoms with Crippen LogP contribution < -0.4 is 11.5 Å². The van der Waals surface area contributed by atoms with Gasteiger partial charge in [0.15, 0.2) is 5.95 Å². The van der Waals surface area contributed by atoms with Crippen molar-refractivity contribution < 1.29 is 0 Å². The molecule has 0 spiro atoms. The first-order valence-electron chi connectivity index (χ1n) is 6.12. The van der Waals surface area contributed by atoms with Crippen molar-refractivity contribution >= 4 is 33.7 Å². The quantitative estimate of drug-likeness (QED) is 0.366. The maximum Gasteiger partial charge on any atom is 0.198 e. The average molecular weight is 266 g/mol. The van der Waals surface area contributed by atoms with Gasteiger partial charge in [0.2, 0.25) is 0 Å². The predicted molar refractivity (Wildman–Crippen MR) is 81.0 cm³/mol. The SMILES string of the molecule is Nc1cccc2[nH]cnc12.Nc1nc2ccccc2[nH]1. The molecule has 2 heterocycles. The zero-order valence-electron chi connectivity index (χ0n) is 10.7. The minimum absolute atomic E-state index is 0.473. The number of nitrogens with zero attached hydrogens (tertiary/aromatic N) is 2. The van der Waals surface area contributed by atoms with E-state index in [9.17, 15) is 0 Å². The number of fused-ring (bicyclic) bond motifs is 2. The average Bonchev–Trinajstić information content (AvgIpc) is 3.04. The number of rotatable bonds is 0. The molecule has 0 saturated heterocycles. The Morgan fingerprint density at radius 1 is 0.900 bits per heavy atom. The van der Waals surface area contributed by atoms with Crippen molar-refractivity contribution in [3.05, 3.63) is 48.8 Å². The third-order valence-electron chi connectivity index (χ3n) is 2.89. The second-order valence-electron chi connectivity index (χ2n) is 4.29. The van der Waals surface area contributed by atoms with Gasteiger partial charge in [-0.15, -0.1) is 0 Å². The Bertz CT molecular complexity index is 811. The number of aromatic nitrogens is 4. The van der Waals surface area contributed by atoms with E-state index in [1.807, 2.05) is 42.5 Å². The molecule has 0 atom stereocenters. The minimum Gasteiger partial charge on any atom is -0.397 e. The number of nitrogen functional groups attached to an aromatic ring is 2. The highest BCUT2D eigenvalue weighted by atomic mass is 15.0. The molecule has 0 aliphatic rings. The third kappa shape index (κ3) is 2.26. The molecule has 0 saturated carbocycles. The second-order valence-corrected chi connectivity index (χ2v) is 4.29. The lowest BCUT2D eigenvalue weighted by Crippen LogP contribution is -1.84. The van der Waals surface area contributed by atoms with Crippen LogP contribution in [0, 0.1) is 0 Å². The number of benzene rings is 2. The van der Waals surface area contributed by atoms with Gasteiger partial charge in [-0.3, -0.25) is 0 Å². The number of aromatic amines is 2. The summed E-state index contributed by atoms with van der Waals surface area (Å²) in [6, 6.07) is 13.4. The van der Waals surface area contributed by atoms with E-state index >= 15 is 0 Å². The molecule has 6 nitrogen and oxygen atoms in total. The van der Waals surface area contributed by atoms with Crippen LogP contribution in [-0.2, 0) is 0 Å². The van der Waals surface area contributed by atoms with Crippen molar-refractivity contribution in [3.63, 3.8) is 0 Å². The Labute approximate surface area is 114 Å². The van der Waals surface area contributed by atoms with Crippen LogP contribution in [0.3, 0.4) is 0 Å². The lowest BCUT2D eigenvalue weighted by atomic mass is 10.3. The van der Waals surface area contributed by atoms with E-state index in [-0.39, 0.29) is 0 Å². The van der Waals surface area contributed by atoms with Gasteiger partial charge >= 0.3 is 0 Å². The maximum atomic E-state index is 5.62. The first kappa shape index (κ1) is 12.0. The van der Waals surface area contributed by atoms with Crippen LogP contribution in [0.15, 0.2) is 48.8 Å². The molecule has 2 aromatic heterocycles. The van der Waals surface area contributed by atoms with Gasteiger partial charge in [0.25, 0.3) is 0 Å². The second kappa shape index (κ2) is 4.93. The standard InChI is InChI=1S/2C7H7N3/c8-5-2-1-3-6-7(5)10-4-9-6;8-7-9-5-3-1-2-4-6(5)10-7/h1-4H,8H2,(H,9,10);1-4H,(H3,8,9,10). The van der Waals surface area contributed by atoms with E-state index in [0.717, 1.165) is 27.8 Å². The molecule has 2 aromatic carbocycles. The topological polar surface area (TPSA) is 109 Å². The Kier molecular flexibility index (Phi) is 2.96. The van der Waals surface area contributed by atoms with Crippen molar-refractivity contribution in [2.45, 2.75) is 0 Å². The van der Waals surface area contributed by atoms with E-state index in [4.69, 9.17) is 11.5 Å². The van der Waals surface area contributed by atoms with E-state index in [1.165, 1.54) is 0 Å². The van der Waals surface area contributed by atoms with Crippen LogP contribution in [0.4, 0.5) is 11.6 Å². The van der Waals surface area contributed by atoms with Gasteiger partial charge in [0, 0.05) is 0 Å². The zero-order valence-corrected chi connectivity index (χ0v) is 10.7. The fourth-order valence-corrected chi connectivity index (χ4v) is 1.96. The monoisotopic (exact) mass is 266 g/mol. The first-order chi connectivity index (χ1) is 9.74. The summed E-state index contributed by atoms with van der Waals surface area (Å²) in [5.74, 6) is 0.473. The predicted octanol–water partition coefficient (Wildman–Crippen LogP) is 2.29. The molecule has 20 heavy (non-hydrogen) atoms. The van der Waals surface area contributed by atoms with E-state index in [0.29, 0.717) is 5.95 Å². The molecule has 0 amide bonds. The number of anilines is 2. The number of para-hydroxylation sites is 3. The molecule has 0 radical (unpaired) electrons. The summed E-state index contributed by atoms with van der Waals surface area (Å²) in [6.45, 7) is 0. The van der Waals surface area contributed by atoms with E-state index in [2.05, 4.69) is 19.9 Å². The van der Waals surface area contributed by atoms with Gasteiger partial charge in [0.1, 0.15) is 5.52 Å². The Morgan fingerprint density at radius 2 is 1.70 bits per heavy atom. The fraction of sp³-hybridized carbons (Fsp3) is 0. The van der Waals surface area contributed by atoms with Crippen LogP contribution in [0.2, 0.25) is 0 Å². The van der Waals surface area contributed by atoms with Gasteiger partial charge in [-0.1, -0.05) is 18.2 Å². The van der Waals surface area contributed by atoms with Crippen molar-refractivity contribution in [1.82, 2.24) is 19.9 Å². The van der Waals surface area contributed by atoms with Crippen molar-refractivity contribution in [3.8, 4) is 0 Å². The van der Waals surface area contributed by atoms with E-state index in [1.54, 1.807) is 6.33 Å². The smallest absolute Gasteiger partial charge is 0.198 e. The van der Waals surface area contributed by atoms with Gasteiger partial charge < -0.3 is 21.4 Å². The normalized spacial score (nSPS) is 10.4. The van der Waals surface area contributed by atoms with Crippen molar-refractivity contribution in [2.24, 2.45) is 0 Å². The molecule has 0 bridgehead atoms. The zero-order chi connectivity index (χ0) is 13.9. The first-order valence-corrected chi connectivity index (χ1v) is 6.12. The number of nitrogens with one attached hydrogen (secondary N) is 2. The van der Waals surface area contributed by atoms with Crippen LogP contribution in [0.1, 0.15) is 0 Å². The van der Waals surface area contributed by atoms with Crippen LogP contribution in [0.5, 0.6) is 0 Å². The molecule has 6 N–H and O–H groups in total. The van der Waals surface area contributed by atoms with Gasteiger partial charge in [0.05, 0.1) is 28.6 Å². The van der Waals surface area contributed by atoms with Crippen LogP contribution >= 0.6 is 0 Å². The summed E-state index contributed by atoms with van der Waals surface area (Å²) in [5.41, 5.74) is 15.5. The van der Waals surface area contributed by atoms with Crippen LogP contribution in [-0.4, -0.2) is 19.9 Å². The summed E-state index contributed by atoms with van der Waals surface area (Å²) in [4.78, 5) is 14.0. The molecular weight excluding hydrogens is 252 g/mol. The summed E-state index contributed by atoms with van der Waals surface area (Å²) in [6.07, 6.45) is 1.64. The molecule has 4 aromatic rings. The molecule has 0 fully saturated rings. The Morgan fingerprint density at radius 3 is 2.50 bits per heavy atom. The molecule has 0 unspecified atom stereocenters. The van der Waals surface area contributed by atoms with Gasteiger partial charge in [-0.2, -0.15) is 0 Å². The number of hydrogen-bond acceptors (Lipinski definition) is 4. The van der Waals surface area contributed by atoms with Gasteiger partial charge in [-0.05, 0) is 24.3 Å². The number of nitrogens with two attached hydrogens (primary N) is 2. The summed E-state index contributed by atoms with van der Waals surface area (Å²) < 4.78 is 0. The highest BCUT2D eigenvalue weighted by Gasteiger charge is 1.96. The molecule has 100 valence electrons. The fourth-order valence-electron chi connectivity index (χ4n) is 1.96. The lowest BCUT2D eigenvalue weighted by molar-refractivity contribution is 1.34. The molecule has 0 aliphatic carbocycles. The Hall–Kier alpha value is -3.02. The minimum atomic E-state index is 0.473. The van der Waals surface area contributed by atoms with Crippen LogP contribution in [0.25, 0.3) is 22.1 Å². The summed E-state index contributed by atoms with van der Waals surface area (Å²) in [5, 5.41) is 0. The molecule has 4 rings (SSSR count). The Balaban J connectivity index is 0.000000121. The molecule has 0 aliphatic heterocycles. The summed E-state index contributed by atoms with van der Waals surface area (Å²) >= 11 is 0. The third-order valence-corrected chi connectivity index (χ3v) is 2.89. The summed E-state index contributed by atoms with van der Waals surface area (Å²) in [7, 11) is 0. The molecule has 6 heteroatoms.